The first-order valence-electron chi connectivity index (χ1n) is 7.74. The number of ether oxygens (including phenoxy) is 2. The second kappa shape index (κ2) is 6.95. The zero-order valence-corrected chi connectivity index (χ0v) is 14.2. The molecule has 126 valence electrons. The van der Waals surface area contributed by atoms with Gasteiger partial charge in [0, 0.05) is 30.6 Å². The van der Waals surface area contributed by atoms with Crippen LogP contribution in [0.25, 0.3) is 0 Å². The molecule has 2 bridgehead atoms. The number of rotatable bonds is 2. The van der Waals surface area contributed by atoms with E-state index in [9.17, 15) is 4.79 Å². The van der Waals surface area contributed by atoms with E-state index in [1.807, 2.05) is 4.90 Å². The van der Waals surface area contributed by atoms with Crippen molar-refractivity contribution >= 4 is 23.3 Å². The predicted molar refractivity (Wildman–Crippen MR) is 89.3 cm³/mol. The molecule has 2 aliphatic rings. The van der Waals surface area contributed by atoms with E-state index in [0.717, 1.165) is 13.1 Å². The van der Waals surface area contributed by atoms with Gasteiger partial charge in [-0.3, -0.25) is 0 Å². The van der Waals surface area contributed by atoms with Gasteiger partial charge < -0.3 is 24.6 Å². The third-order valence-corrected chi connectivity index (χ3v) is 4.55. The molecule has 2 saturated heterocycles. The standard InChI is InChI=1S/C16H22ClN3O3/c1-19-6-11-7-20(13(8-19)10-23-9-11)16(21)18-14-5-12(17)3-4-15(14)22-2/h3-5,11,13H,6-10H2,1-2H3,(H,18,21)/t11-,13-/m0/s1. The fourth-order valence-electron chi connectivity index (χ4n) is 3.29. The van der Waals surface area contributed by atoms with E-state index in [0.29, 0.717) is 42.1 Å². The van der Waals surface area contributed by atoms with Crippen LogP contribution in [0.4, 0.5) is 10.5 Å². The van der Waals surface area contributed by atoms with Gasteiger partial charge in [0.05, 0.1) is 32.1 Å². The SMILES string of the molecule is COc1ccc(Cl)cc1NC(=O)N1C[C@H]2COC[C@@H]1CN(C)C2. The van der Waals surface area contributed by atoms with Crippen LogP contribution in [-0.2, 0) is 4.74 Å². The molecule has 1 N–H and O–H groups in total. The number of hydrogen-bond donors (Lipinski definition) is 1. The lowest BCUT2D eigenvalue weighted by Gasteiger charge is -2.30. The van der Waals surface area contributed by atoms with Gasteiger partial charge >= 0.3 is 6.03 Å². The molecule has 0 aromatic heterocycles. The van der Waals surface area contributed by atoms with Gasteiger partial charge in [-0.2, -0.15) is 0 Å². The summed E-state index contributed by atoms with van der Waals surface area (Å²) in [5.74, 6) is 0.924. The van der Waals surface area contributed by atoms with Gasteiger partial charge in [-0.1, -0.05) is 11.6 Å². The first-order chi connectivity index (χ1) is 11.1. The van der Waals surface area contributed by atoms with Crippen LogP contribution in [0.2, 0.25) is 5.02 Å². The second-order valence-corrected chi connectivity index (χ2v) is 6.64. The summed E-state index contributed by atoms with van der Waals surface area (Å²) in [5.41, 5.74) is 0.582. The summed E-state index contributed by atoms with van der Waals surface area (Å²) in [6.45, 7) is 3.73. The van der Waals surface area contributed by atoms with E-state index in [1.54, 1.807) is 25.3 Å². The molecule has 0 radical (unpaired) electrons. The number of urea groups is 1. The number of halogens is 1. The molecule has 2 fully saturated rings. The highest BCUT2D eigenvalue weighted by atomic mass is 35.5. The van der Waals surface area contributed by atoms with Crippen molar-refractivity contribution in [2.75, 3.05) is 52.3 Å². The molecule has 2 heterocycles. The molecule has 1 aromatic rings. The maximum atomic E-state index is 12.8. The number of benzene rings is 1. The summed E-state index contributed by atoms with van der Waals surface area (Å²) in [4.78, 5) is 16.9. The van der Waals surface area contributed by atoms with Crippen LogP contribution in [0.3, 0.4) is 0 Å². The molecule has 0 saturated carbocycles. The first kappa shape index (κ1) is 16.4. The Balaban J connectivity index is 1.79. The molecule has 23 heavy (non-hydrogen) atoms. The largest absolute Gasteiger partial charge is 0.495 e. The van der Waals surface area contributed by atoms with Crippen molar-refractivity contribution < 1.29 is 14.3 Å². The molecule has 6 nitrogen and oxygen atoms in total. The van der Waals surface area contributed by atoms with Gasteiger partial charge in [0.2, 0.25) is 0 Å². The van der Waals surface area contributed by atoms with E-state index in [1.165, 1.54) is 0 Å². The quantitative estimate of drug-likeness (QED) is 0.897. The van der Waals surface area contributed by atoms with Crippen LogP contribution in [-0.4, -0.2) is 68.9 Å². The number of nitrogens with one attached hydrogen (secondary N) is 1. The Morgan fingerprint density at radius 2 is 2.17 bits per heavy atom. The molecule has 3 rings (SSSR count). The van der Waals surface area contributed by atoms with Crippen LogP contribution < -0.4 is 10.1 Å². The summed E-state index contributed by atoms with van der Waals surface area (Å²) in [5, 5.41) is 3.49. The third-order valence-electron chi connectivity index (χ3n) is 4.32. The van der Waals surface area contributed by atoms with Crippen molar-refractivity contribution in [2.24, 2.45) is 5.92 Å². The zero-order chi connectivity index (χ0) is 16.4. The van der Waals surface area contributed by atoms with Gasteiger partial charge in [-0.15, -0.1) is 0 Å². The topological polar surface area (TPSA) is 54.0 Å². The summed E-state index contributed by atoms with van der Waals surface area (Å²) >= 11 is 6.03. The maximum Gasteiger partial charge on any atom is 0.322 e. The molecule has 2 atom stereocenters. The maximum absolute atomic E-state index is 12.8. The Kier molecular flexibility index (Phi) is 4.94. The lowest BCUT2D eigenvalue weighted by Crippen LogP contribution is -2.47. The number of likely N-dealkylation sites (N-methyl/N-ethyl adjacent to an activating group) is 1. The van der Waals surface area contributed by atoms with Gasteiger partial charge in [-0.25, -0.2) is 4.79 Å². The normalized spacial score (nSPS) is 24.9. The smallest absolute Gasteiger partial charge is 0.322 e. The van der Waals surface area contributed by atoms with Crippen LogP contribution >= 0.6 is 11.6 Å². The van der Waals surface area contributed by atoms with Crippen molar-refractivity contribution in [3.05, 3.63) is 23.2 Å². The molecule has 0 spiro atoms. The predicted octanol–water partition coefficient (Wildman–Crippen LogP) is 2.14. The van der Waals surface area contributed by atoms with E-state index in [2.05, 4.69) is 17.3 Å². The van der Waals surface area contributed by atoms with Crippen molar-refractivity contribution in [3.8, 4) is 5.75 Å². The Morgan fingerprint density at radius 3 is 2.96 bits per heavy atom. The fourth-order valence-corrected chi connectivity index (χ4v) is 3.46. The number of carbonyl (C=O) groups excluding carboxylic acids is 1. The van der Waals surface area contributed by atoms with Crippen LogP contribution in [0.1, 0.15) is 0 Å². The first-order valence-corrected chi connectivity index (χ1v) is 8.12. The highest BCUT2D eigenvalue weighted by Gasteiger charge is 2.35. The lowest BCUT2D eigenvalue weighted by molar-refractivity contribution is 0.0625. The zero-order valence-electron chi connectivity index (χ0n) is 13.4. The average molecular weight is 340 g/mol. The van der Waals surface area contributed by atoms with E-state index < -0.39 is 0 Å². The van der Waals surface area contributed by atoms with Gasteiger partial charge in [0.1, 0.15) is 5.75 Å². The summed E-state index contributed by atoms with van der Waals surface area (Å²) in [6.07, 6.45) is 0. The van der Waals surface area contributed by atoms with Crippen LogP contribution in [0.5, 0.6) is 5.75 Å². The number of nitrogens with zero attached hydrogens (tertiary/aromatic N) is 2. The van der Waals surface area contributed by atoms with Gasteiger partial charge in [0.15, 0.2) is 0 Å². The second-order valence-electron chi connectivity index (χ2n) is 6.21. The van der Waals surface area contributed by atoms with E-state index >= 15 is 0 Å². The molecular weight excluding hydrogens is 318 g/mol. The van der Waals surface area contributed by atoms with Crippen molar-refractivity contribution in [1.82, 2.24) is 9.80 Å². The van der Waals surface area contributed by atoms with Crippen LogP contribution in [0, 0.1) is 5.92 Å². The van der Waals surface area contributed by atoms with Crippen LogP contribution in [0.15, 0.2) is 18.2 Å². The number of fused-ring (bicyclic) bond motifs is 3. The summed E-state index contributed by atoms with van der Waals surface area (Å²) in [6, 6.07) is 5.09. The highest BCUT2D eigenvalue weighted by Crippen LogP contribution is 2.28. The van der Waals surface area contributed by atoms with E-state index in [-0.39, 0.29) is 12.1 Å². The Labute approximate surface area is 141 Å². The minimum absolute atomic E-state index is 0.0534. The molecule has 7 heteroatoms. The monoisotopic (exact) mass is 339 g/mol. The van der Waals surface area contributed by atoms with Gasteiger partial charge in [-0.05, 0) is 25.2 Å². The molecular formula is C16H22ClN3O3. The molecule has 0 aliphatic carbocycles. The van der Waals surface area contributed by atoms with Crippen molar-refractivity contribution in [2.45, 2.75) is 6.04 Å². The van der Waals surface area contributed by atoms with E-state index in [4.69, 9.17) is 21.1 Å². The van der Waals surface area contributed by atoms with Crippen molar-refractivity contribution in [1.29, 1.82) is 0 Å². The number of anilines is 1. The Bertz CT molecular complexity index is 584. The number of hydrogen-bond acceptors (Lipinski definition) is 4. The third kappa shape index (κ3) is 3.71. The van der Waals surface area contributed by atoms with Crippen molar-refractivity contribution in [3.63, 3.8) is 0 Å². The van der Waals surface area contributed by atoms with Gasteiger partial charge in [0.25, 0.3) is 0 Å². The molecule has 2 aliphatic heterocycles. The minimum Gasteiger partial charge on any atom is -0.495 e. The Morgan fingerprint density at radius 1 is 1.35 bits per heavy atom. The number of methoxy groups -OCH3 is 1. The molecule has 0 unspecified atom stereocenters. The molecule has 2 amide bonds. The summed E-state index contributed by atoms with van der Waals surface area (Å²) in [7, 11) is 3.66. The molecule has 1 aromatic carbocycles. The minimum atomic E-state index is -0.138. The summed E-state index contributed by atoms with van der Waals surface area (Å²) < 4.78 is 11.0. The average Bonchev–Trinajstić information content (AvgIpc) is 2.77. The number of carbonyl (C=O) groups is 1. The fraction of sp³-hybridized carbons (Fsp3) is 0.562. The highest BCUT2D eigenvalue weighted by molar-refractivity contribution is 6.31. The lowest BCUT2D eigenvalue weighted by atomic mass is 10.1. The number of amides is 2. The Hall–Kier alpha value is -1.50.